The van der Waals surface area contributed by atoms with Crippen LogP contribution in [0.15, 0.2) is 12.7 Å². The lowest BCUT2D eigenvalue weighted by molar-refractivity contribution is -0.0501. The van der Waals surface area contributed by atoms with E-state index >= 15 is 0 Å². The van der Waals surface area contributed by atoms with Crippen molar-refractivity contribution in [1.82, 2.24) is 19.5 Å². The zero-order valence-electron chi connectivity index (χ0n) is 18.6. The van der Waals surface area contributed by atoms with Gasteiger partial charge in [-0.25, -0.2) is 37.3 Å². The number of hydrogen-bond acceptors (Lipinski definition) is 16. The summed E-state index contributed by atoms with van der Waals surface area (Å²) in [6, 6.07) is 0. The van der Waals surface area contributed by atoms with E-state index in [0.29, 0.717) is 0 Å². The molecule has 4 unspecified atom stereocenters. The molecule has 3 heterocycles. The zero-order chi connectivity index (χ0) is 29.6. The van der Waals surface area contributed by atoms with Gasteiger partial charge in [0, 0.05) is 0 Å². The van der Waals surface area contributed by atoms with Gasteiger partial charge in [-0.15, -0.1) is 0 Å². The van der Waals surface area contributed by atoms with Crippen molar-refractivity contribution in [3.8, 4) is 0 Å². The number of anilines is 1. The number of aliphatic hydroxyl groups is 2. The monoisotopic (exact) mass is 665 g/mol. The normalized spacial score (nSPS) is 28.4. The van der Waals surface area contributed by atoms with Crippen LogP contribution in [0.4, 0.5) is 5.82 Å². The van der Waals surface area contributed by atoms with E-state index < -0.39 is 75.7 Å². The van der Waals surface area contributed by atoms with Crippen molar-refractivity contribution in [1.29, 1.82) is 0 Å². The number of fused-ring (bicyclic) bond motifs is 1. The van der Waals surface area contributed by atoms with Gasteiger partial charge in [0.15, 0.2) is 23.6 Å². The summed E-state index contributed by atoms with van der Waals surface area (Å²) < 4.78 is 79.9. The fraction of sp³-hybridized carbons (Fsp3) is 0.545. The van der Waals surface area contributed by atoms with Gasteiger partial charge < -0.3 is 50.0 Å². The van der Waals surface area contributed by atoms with Crippen molar-refractivity contribution in [2.24, 2.45) is 0 Å². The maximum absolute atomic E-state index is 12.1. The van der Waals surface area contributed by atoms with Crippen LogP contribution in [0.2, 0.25) is 0 Å². The molecule has 1 saturated heterocycles. The fourth-order valence-electron chi connectivity index (χ4n) is 3.09. The van der Waals surface area contributed by atoms with Crippen LogP contribution in [0.1, 0.15) is 6.23 Å². The third-order valence-electron chi connectivity index (χ3n) is 4.43. The molecule has 0 aliphatic carbocycles. The summed E-state index contributed by atoms with van der Waals surface area (Å²) in [5.41, 5.74) is 5.90. The van der Waals surface area contributed by atoms with Crippen LogP contribution in [0.5, 0.6) is 0 Å². The van der Waals surface area contributed by atoms with Gasteiger partial charge in [-0.2, -0.15) is 4.31 Å². The number of ether oxygens (including phenoxy) is 1. The van der Waals surface area contributed by atoms with Gasteiger partial charge >= 0.3 is 38.7 Å². The molecule has 3 rings (SSSR count). The molecule has 2 aromatic rings. The lowest BCUT2D eigenvalue weighted by atomic mass is 10.1. The largest absolute Gasteiger partial charge is 0.488 e. The van der Waals surface area contributed by atoms with E-state index in [2.05, 4.69) is 32.4 Å². The average Bonchev–Trinajstić information content (AvgIpc) is 3.24. The molecule has 0 radical (unpaired) electrons. The Morgan fingerprint density at radius 2 is 1.46 bits per heavy atom. The molecule has 0 bridgehead atoms. The van der Waals surface area contributed by atoms with Crippen molar-refractivity contribution >= 4 is 55.6 Å². The quantitative estimate of drug-likeness (QED) is 0.119. The second-order valence-corrected chi connectivity index (χ2v) is 16.3. The van der Waals surface area contributed by atoms with E-state index in [4.69, 9.17) is 25.2 Å². The highest BCUT2D eigenvalue weighted by molar-refractivity contribution is 7.77. The third kappa shape index (κ3) is 8.73. The highest BCUT2D eigenvalue weighted by atomic mass is 31.3. The van der Waals surface area contributed by atoms with Crippen LogP contribution in [0.3, 0.4) is 0 Å². The molecule has 0 spiro atoms. The number of nitrogens with zero attached hydrogens (tertiary/aromatic N) is 4. The highest BCUT2D eigenvalue weighted by Gasteiger charge is 2.48. The number of imidazole rings is 1. The summed E-state index contributed by atoms with van der Waals surface area (Å²) in [7, 11) is -28.8. The van der Waals surface area contributed by atoms with E-state index in [1.54, 1.807) is 0 Å². The molecule has 0 aromatic carbocycles. The van der Waals surface area contributed by atoms with Crippen LogP contribution in [-0.4, -0.2) is 89.9 Å². The van der Waals surface area contributed by atoms with Crippen LogP contribution in [0, 0.1) is 0 Å². The lowest BCUT2D eigenvalue weighted by Gasteiger charge is -2.21. The van der Waals surface area contributed by atoms with Crippen molar-refractivity contribution < 1.29 is 84.6 Å². The van der Waals surface area contributed by atoms with Gasteiger partial charge in [0.1, 0.15) is 30.2 Å². The topological polar surface area (TPSA) is 363 Å². The van der Waals surface area contributed by atoms with E-state index in [1.165, 1.54) is 0 Å². The molecule has 2 aromatic heterocycles. The van der Waals surface area contributed by atoms with Gasteiger partial charge in [-0.05, 0) is 0 Å². The Morgan fingerprint density at radius 3 is 2.05 bits per heavy atom. The van der Waals surface area contributed by atoms with Crippen molar-refractivity contribution in [3.05, 3.63) is 12.7 Å². The first-order valence-electron chi connectivity index (χ1n) is 9.68. The van der Waals surface area contributed by atoms with Crippen LogP contribution in [-0.2, 0) is 45.0 Å². The molecular formula is C11H20N5O18P5. The van der Waals surface area contributed by atoms with Gasteiger partial charge in [0.25, 0.3) is 0 Å². The summed E-state index contributed by atoms with van der Waals surface area (Å²) in [5.74, 6) is -2.15. The molecule has 10 N–H and O–H groups in total. The number of aromatic nitrogens is 4. The van der Waals surface area contributed by atoms with E-state index in [-0.39, 0.29) is 17.0 Å². The maximum atomic E-state index is 12.1. The molecule has 222 valence electrons. The SMILES string of the molecule is Nc1ncnc2c1ncn2[C@@H]1O[C@H](COP(=O)(O)OP(=O)(O)CP(=O)(O)OP(=O)(O)OP(=O)(O)O)[C@@H](O)[C@H]1O. The van der Waals surface area contributed by atoms with E-state index in [0.717, 1.165) is 17.2 Å². The second kappa shape index (κ2) is 11.3. The van der Waals surface area contributed by atoms with Gasteiger partial charge in [-0.3, -0.25) is 18.2 Å². The first-order chi connectivity index (χ1) is 17.6. The summed E-state index contributed by atoms with van der Waals surface area (Å²) >= 11 is 0. The minimum atomic E-state index is -5.97. The Balaban J connectivity index is 1.63. The number of hydrogen-bond donors (Lipinski definition) is 9. The van der Waals surface area contributed by atoms with Gasteiger partial charge in [0.05, 0.1) is 12.9 Å². The average molecular weight is 665 g/mol. The molecule has 39 heavy (non-hydrogen) atoms. The minimum Gasteiger partial charge on any atom is -0.387 e. The standard InChI is InChI=1S/C11H20N5O18P5/c12-9-6-10(14-2-13-9)16(3-15-6)11-8(18)7(17)5(31-11)1-30-38(26,27)32-35(19,20)4-36(21,22)33-39(28,29)34-37(23,24)25/h2-3,5,7-8,11,17-18H,1,4H2,(H,19,20)(H,21,22)(H,26,27)(H,28,29)(H2,12,13,14)(H2,23,24,25)/t5-,7-,8-,11-/m1/s1. The molecule has 1 fully saturated rings. The predicted molar refractivity (Wildman–Crippen MR) is 121 cm³/mol. The fourth-order valence-corrected chi connectivity index (χ4v) is 10.8. The van der Waals surface area contributed by atoms with Crippen molar-refractivity contribution in [3.63, 3.8) is 0 Å². The van der Waals surface area contributed by atoms with Crippen LogP contribution < -0.4 is 5.73 Å². The summed E-state index contributed by atoms with van der Waals surface area (Å²) in [6.45, 7) is -1.07. The Bertz CT molecular complexity index is 1460. The molecule has 0 saturated carbocycles. The minimum absolute atomic E-state index is 0.00702. The molecular weight excluding hydrogens is 645 g/mol. The molecule has 1 aliphatic rings. The van der Waals surface area contributed by atoms with E-state index in [1.807, 2.05) is 0 Å². The zero-order valence-corrected chi connectivity index (χ0v) is 23.1. The Labute approximate surface area is 215 Å². The molecule has 1 aliphatic heterocycles. The summed E-state index contributed by atoms with van der Waals surface area (Å²) in [4.78, 5) is 66.6. The molecule has 8 atom stereocenters. The van der Waals surface area contributed by atoms with E-state index in [9.17, 15) is 47.7 Å². The third-order valence-corrected chi connectivity index (χ3v) is 13.1. The number of phosphoric ester groups is 1. The second-order valence-electron chi connectivity index (χ2n) is 7.51. The van der Waals surface area contributed by atoms with Gasteiger partial charge in [0.2, 0.25) is 0 Å². The first kappa shape index (κ1) is 32.5. The Morgan fingerprint density at radius 1 is 0.872 bits per heavy atom. The number of aliphatic hydroxyl groups excluding tert-OH is 2. The number of phosphoric acid groups is 3. The van der Waals surface area contributed by atoms with Crippen molar-refractivity contribution in [2.75, 3.05) is 18.2 Å². The number of rotatable bonds is 12. The molecule has 23 nitrogen and oxygen atoms in total. The maximum Gasteiger partial charge on any atom is 0.488 e. The smallest absolute Gasteiger partial charge is 0.387 e. The predicted octanol–water partition coefficient (Wildman–Crippen LogP) is -1.28. The Hall–Kier alpha value is -1.02. The number of nitrogen functional groups attached to an aromatic ring is 1. The summed E-state index contributed by atoms with van der Waals surface area (Å²) in [6.07, 6.45) is -4.17. The van der Waals surface area contributed by atoms with Crippen LogP contribution in [0.25, 0.3) is 11.2 Å². The molecule has 28 heteroatoms. The lowest BCUT2D eigenvalue weighted by Crippen LogP contribution is -2.33. The first-order valence-corrected chi connectivity index (χ1v) is 17.7. The summed E-state index contributed by atoms with van der Waals surface area (Å²) in [5, 5.41) is 20.6. The highest BCUT2D eigenvalue weighted by Crippen LogP contribution is 2.72. The molecule has 0 amide bonds. The van der Waals surface area contributed by atoms with Crippen molar-refractivity contribution in [2.45, 2.75) is 24.5 Å². The Kier molecular flexibility index (Phi) is 9.45. The van der Waals surface area contributed by atoms with Crippen LogP contribution >= 0.6 is 38.7 Å². The number of nitrogens with two attached hydrogens (primary N) is 1. The van der Waals surface area contributed by atoms with Gasteiger partial charge in [-0.1, -0.05) is 0 Å².